The average Bonchev–Trinajstić information content (AvgIpc) is 2.36. The molecular formula is C14H11BrCl2N2O. The summed E-state index contributed by atoms with van der Waals surface area (Å²) >= 11 is 15.2. The van der Waals surface area contributed by atoms with Crippen LogP contribution >= 0.6 is 39.1 Å². The number of aromatic nitrogens is 1. The summed E-state index contributed by atoms with van der Waals surface area (Å²) in [5, 5.41) is 3.23. The SMILES string of the molecule is Cc1ccc(C(=O)Nc2c(C)cc(Cl)nc2Cl)cc1Br. The largest absolute Gasteiger partial charge is 0.319 e. The first-order valence-corrected chi connectivity index (χ1v) is 7.33. The highest BCUT2D eigenvalue weighted by Crippen LogP contribution is 2.27. The Kier molecular flexibility index (Phi) is 4.68. The maximum absolute atomic E-state index is 12.2. The quantitative estimate of drug-likeness (QED) is 0.751. The van der Waals surface area contributed by atoms with Crippen LogP contribution in [0.25, 0.3) is 0 Å². The lowest BCUT2D eigenvalue weighted by molar-refractivity contribution is 0.102. The number of benzene rings is 1. The second kappa shape index (κ2) is 6.12. The molecule has 0 aliphatic heterocycles. The molecule has 1 amide bonds. The summed E-state index contributed by atoms with van der Waals surface area (Å²) < 4.78 is 0.877. The van der Waals surface area contributed by atoms with E-state index >= 15 is 0 Å². The lowest BCUT2D eigenvalue weighted by Crippen LogP contribution is -2.13. The number of anilines is 1. The maximum atomic E-state index is 12.2. The Morgan fingerprint density at radius 2 is 1.90 bits per heavy atom. The molecular weight excluding hydrogens is 363 g/mol. The Morgan fingerprint density at radius 3 is 2.50 bits per heavy atom. The van der Waals surface area contributed by atoms with Crippen molar-refractivity contribution in [3.8, 4) is 0 Å². The van der Waals surface area contributed by atoms with Gasteiger partial charge in [-0.25, -0.2) is 4.98 Å². The zero-order valence-corrected chi connectivity index (χ0v) is 13.9. The molecule has 0 fully saturated rings. The summed E-state index contributed by atoms with van der Waals surface area (Å²) in [5.41, 5.74) is 2.82. The lowest BCUT2D eigenvalue weighted by Gasteiger charge is -2.11. The number of carbonyl (C=O) groups excluding carboxylic acids is 1. The van der Waals surface area contributed by atoms with Gasteiger partial charge in [-0.3, -0.25) is 4.79 Å². The summed E-state index contributed by atoms with van der Waals surface area (Å²) in [4.78, 5) is 16.1. The molecule has 2 aromatic rings. The Hall–Kier alpha value is -1.10. The molecule has 1 heterocycles. The number of aryl methyl sites for hydroxylation is 2. The summed E-state index contributed by atoms with van der Waals surface area (Å²) in [6, 6.07) is 7.03. The second-order valence-corrected chi connectivity index (χ2v) is 5.95. The van der Waals surface area contributed by atoms with Gasteiger partial charge in [0.1, 0.15) is 5.15 Å². The van der Waals surface area contributed by atoms with Gasteiger partial charge in [0.15, 0.2) is 5.15 Å². The van der Waals surface area contributed by atoms with E-state index in [1.807, 2.05) is 13.0 Å². The fraction of sp³-hybridized carbons (Fsp3) is 0.143. The first kappa shape index (κ1) is 15.3. The Bertz CT molecular complexity index is 666. The maximum Gasteiger partial charge on any atom is 0.255 e. The Morgan fingerprint density at radius 1 is 1.20 bits per heavy atom. The molecule has 3 nitrogen and oxygen atoms in total. The van der Waals surface area contributed by atoms with Gasteiger partial charge in [0.2, 0.25) is 0 Å². The van der Waals surface area contributed by atoms with E-state index in [9.17, 15) is 4.79 Å². The number of nitrogens with one attached hydrogen (secondary N) is 1. The van der Waals surface area contributed by atoms with Gasteiger partial charge in [-0.1, -0.05) is 45.2 Å². The molecule has 0 unspecified atom stereocenters. The van der Waals surface area contributed by atoms with Crippen molar-refractivity contribution in [1.82, 2.24) is 4.98 Å². The zero-order valence-electron chi connectivity index (χ0n) is 10.8. The summed E-state index contributed by atoms with van der Waals surface area (Å²) in [6.45, 7) is 3.76. The number of hydrogen-bond acceptors (Lipinski definition) is 2. The van der Waals surface area contributed by atoms with Gasteiger partial charge >= 0.3 is 0 Å². The van der Waals surface area contributed by atoms with Crippen LogP contribution in [0, 0.1) is 13.8 Å². The molecule has 1 aromatic heterocycles. The van der Waals surface area contributed by atoms with Crippen LogP contribution in [0.15, 0.2) is 28.7 Å². The molecule has 2 rings (SSSR count). The molecule has 0 atom stereocenters. The monoisotopic (exact) mass is 372 g/mol. The minimum absolute atomic E-state index is 0.175. The van der Waals surface area contributed by atoms with E-state index in [1.165, 1.54) is 0 Å². The molecule has 0 bridgehead atoms. The van der Waals surface area contributed by atoms with Crippen LogP contribution in [0.5, 0.6) is 0 Å². The molecule has 0 saturated carbocycles. The van der Waals surface area contributed by atoms with Crippen LogP contribution in [0.1, 0.15) is 21.5 Å². The van der Waals surface area contributed by atoms with E-state index in [-0.39, 0.29) is 11.1 Å². The third-order valence-electron chi connectivity index (χ3n) is 2.81. The van der Waals surface area contributed by atoms with Crippen LogP contribution in [-0.2, 0) is 0 Å². The van der Waals surface area contributed by atoms with E-state index in [1.54, 1.807) is 25.1 Å². The van der Waals surface area contributed by atoms with Gasteiger partial charge in [-0.15, -0.1) is 0 Å². The highest BCUT2D eigenvalue weighted by atomic mass is 79.9. The summed E-state index contributed by atoms with van der Waals surface area (Å²) in [5.74, 6) is -0.250. The van der Waals surface area contributed by atoms with Crippen LogP contribution < -0.4 is 5.32 Å². The van der Waals surface area contributed by atoms with Crippen LogP contribution in [-0.4, -0.2) is 10.9 Å². The van der Waals surface area contributed by atoms with Crippen molar-refractivity contribution in [2.75, 3.05) is 5.32 Å². The molecule has 104 valence electrons. The van der Waals surface area contributed by atoms with Crippen molar-refractivity contribution in [2.45, 2.75) is 13.8 Å². The minimum Gasteiger partial charge on any atom is -0.319 e. The van der Waals surface area contributed by atoms with Crippen LogP contribution in [0.2, 0.25) is 10.3 Å². The van der Waals surface area contributed by atoms with Crippen LogP contribution in [0.4, 0.5) is 5.69 Å². The molecule has 0 aliphatic carbocycles. The molecule has 0 radical (unpaired) electrons. The molecule has 1 aromatic carbocycles. The number of amides is 1. The van der Waals surface area contributed by atoms with Gasteiger partial charge in [0, 0.05) is 10.0 Å². The van der Waals surface area contributed by atoms with Crippen molar-refractivity contribution < 1.29 is 4.79 Å². The summed E-state index contributed by atoms with van der Waals surface area (Å²) in [7, 11) is 0. The molecule has 20 heavy (non-hydrogen) atoms. The zero-order chi connectivity index (χ0) is 14.9. The highest BCUT2D eigenvalue weighted by Gasteiger charge is 2.13. The van der Waals surface area contributed by atoms with Gasteiger partial charge < -0.3 is 5.32 Å². The number of halogens is 3. The third kappa shape index (κ3) is 3.32. The fourth-order valence-electron chi connectivity index (χ4n) is 1.67. The van der Waals surface area contributed by atoms with E-state index in [0.717, 1.165) is 15.6 Å². The molecule has 0 aliphatic rings. The van der Waals surface area contributed by atoms with Crippen molar-refractivity contribution in [1.29, 1.82) is 0 Å². The first-order valence-electron chi connectivity index (χ1n) is 5.78. The Balaban J connectivity index is 2.30. The number of hydrogen-bond donors (Lipinski definition) is 1. The first-order chi connectivity index (χ1) is 9.38. The van der Waals surface area contributed by atoms with Crippen molar-refractivity contribution in [3.63, 3.8) is 0 Å². The molecule has 0 saturated heterocycles. The lowest BCUT2D eigenvalue weighted by atomic mass is 10.1. The van der Waals surface area contributed by atoms with Crippen LogP contribution in [0.3, 0.4) is 0 Å². The topological polar surface area (TPSA) is 42.0 Å². The number of pyridine rings is 1. The molecule has 1 N–H and O–H groups in total. The van der Waals surface area contributed by atoms with E-state index in [4.69, 9.17) is 23.2 Å². The van der Waals surface area contributed by atoms with Gasteiger partial charge in [-0.05, 0) is 43.2 Å². The van der Waals surface area contributed by atoms with Crippen molar-refractivity contribution in [2.24, 2.45) is 0 Å². The fourth-order valence-corrected chi connectivity index (χ4v) is 2.62. The number of nitrogens with zero attached hydrogens (tertiary/aromatic N) is 1. The number of rotatable bonds is 2. The molecule has 6 heteroatoms. The van der Waals surface area contributed by atoms with Crippen molar-refractivity contribution >= 4 is 50.7 Å². The average molecular weight is 374 g/mol. The third-order valence-corrected chi connectivity index (χ3v) is 4.14. The predicted molar refractivity (Wildman–Crippen MR) is 85.8 cm³/mol. The Labute approximate surface area is 135 Å². The smallest absolute Gasteiger partial charge is 0.255 e. The second-order valence-electron chi connectivity index (χ2n) is 4.35. The number of carbonyl (C=O) groups is 1. The van der Waals surface area contributed by atoms with E-state index < -0.39 is 0 Å². The van der Waals surface area contributed by atoms with Gasteiger partial charge in [0.25, 0.3) is 5.91 Å². The normalized spacial score (nSPS) is 10.4. The molecule has 0 spiro atoms. The summed E-state index contributed by atoms with van der Waals surface area (Å²) in [6.07, 6.45) is 0. The van der Waals surface area contributed by atoms with Crippen molar-refractivity contribution in [3.05, 3.63) is 55.7 Å². The van der Waals surface area contributed by atoms with Gasteiger partial charge in [0.05, 0.1) is 5.69 Å². The van der Waals surface area contributed by atoms with E-state index in [0.29, 0.717) is 16.4 Å². The highest BCUT2D eigenvalue weighted by molar-refractivity contribution is 9.10. The standard InChI is InChI=1S/C14H11BrCl2N2O/c1-7-3-4-9(6-10(7)15)14(20)19-12-8(2)5-11(16)18-13(12)17/h3-6H,1-2H3,(H,19,20). The minimum atomic E-state index is -0.250. The van der Waals surface area contributed by atoms with Gasteiger partial charge in [-0.2, -0.15) is 0 Å². The predicted octanol–water partition coefficient (Wildman–Crippen LogP) is 5.02. The van der Waals surface area contributed by atoms with E-state index in [2.05, 4.69) is 26.2 Å².